The molecule has 0 radical (unpaired) electrons. The van der Waals surface area contributed by atoms with Crippen LogP contribution in [0.15, 0.2) is 34.9 Å². The van der Waals surface area contributed by atoms with Gasteiger partial charge in [-0.05, 0) is 31.0 Å². The predicted octanol–water partition coefficient (Wildman–Crippen LogP) is 4.39. The molecule has 1 amide bonds. The molecular formula is C24H19ClF2N6O3S. The van der Waals surface area contributed by atoms with Crippen LogP contribution in [-0.4, -0.2) is 51.2 Å². The summed E-state index contributed by atoms with van der Waals surface area (Å²) in [4.78, 5) is 32.1. The van der Waals surface area contributed by atoms with Crippen molar-refractivity contribution in [3.8, 4) is 12.1 Å². The summed E-state index contributed by atoms with van der Waals surface area (Å²) in [6.45, 7) is 0.882. The van der Waals surface area contributed by atoms with Crippen molar-refractivity contribution in [2.24, 2.45) is 5.16 Å². The van der Waals surface area contributed by atoms with Gasteiger partial charge < -0.3 is 14.5 Å². The van der Waals surface area contributed by atoms with Crippen LogP contribution in [0.1, 0.15) is 53.2 Å². The van der Waals surface area contributed by atoms with Gasteiger partial charge in [-0.2, -0.15) is 10.2 Å². The van der Waals surface area contributed by atoms with Gasteiger partial charge in [0.15, 0.2) is 24.3 Å². The van der Waals surface area contributed by atoms with E-state index in [1.165, 1.54) is 29.7 Å². The van der Waals surface area contributed by atoms with Crippen molar-refractivity contribution < 1.29 is 23.1 Å². The molecule has 2 aliphatic rings. The third-order valence-corrected chi connectivity index (χ3v) is 7.49. The second-order valence-corrected chi connectivity index (χ2v) is 9.74. The number of benzene rings is 1. The Morgan fingerprint density at radius 1 is 1.27 bits per heavy atom. The van der Waals surface area contributed by atoms with Gasteiger partial charge in [-0.3, -0.25) is 4.79 Å². The van der Waals surface area contributed by atoms with Crippen LogP contribution in [0.2, 0.25) is 5.02 Å². The van der Waals surface area contributed by atoms with Crippen LogP contribution in [-0.2, 0) is 9.63 Å². The van der Waals surface area contributed by atoms with E-state index in [1.54, 1.807) is 4.90 Å². The van der Waals surface area contributed by atoms with Crippen LogP contribution >= 0.6 is 22.9 Å². The first-order valence-electron chi connectivity index (χ1n) is 11.4. The number of halogens is 3. The van der Waals surface area contributed by atoms with Crippen LogP contribution in [0.25, 0.3) is 0 Å². The molecule has 0 bridgehead atoms. The van der Waals surface area contributed by atoms with Crippen LogP contribution in [0.3, 0.4) is 0 Å². The molecule has 37 heavy (non-hydrogen) atoms. The number of thiazole rings is 1. The number of hydrogen-bond donors (Lipinski definition) is 0. The molecule has 2 aliphatic heterocycles. The van der Waals surface area contributed by atoms with E-state index in [4.69, 9.17) is 31.4 Å². The number of likely N-dealkylation sites (tertiary alicyclic amines) is 1. The number of amides is 1. The second-order valence-electron chi connectivity index (χ2n) is 8.44. The van der Waals surface area contributed by atoms with E-state index < -0.39 is 17.7 Å². The molecule has 1 atom stereocenters. The Morgan fingerprint density at radius 3 is 2.86 bits per heavy atom. The minimum atomic E-state index is -1.04. The molecule has 0 aliphatic carbocycles. The first kappa shape index (κ1) is 25.0. The molecule has 2 aromatic heterocycles. The Morgan fingerprint density at radius 2 is 2.08 bits per heavy atom. The topological polar surface area (TPSA) is 114 Å². The van der Waals surface area contributed by atoms with Gasteiger partial charge in [0.05, 0.1) is 21.3 Å². The highest BCUT2D eigenvalue weighted by atomic mass is 35.5. The third kappa shape index (κ3) is 5.38. The summed E-state index contributed by atoms with van der Waals surface area (Å²) in [6.07, 6.45) is 2.26. The lowest BCUT2D eigenvalue weighted by Gasteiger charge is -2.31. The zero-order valence-corrected chi connectivity index (χ0v) is 20.8. The van der Waals surface area contributed by atoms with E-state index in [0.717, 1.165) is 23.9 Å². The summed E-state index contributed by atoms with van der Waals surface area (Å²) in [7, 11) is 0. The number of oxime groups is 1. The van der Waals surface area contributed by atoms with Crippen molar-refractivity contribution in [1.29, 1.82) is 5.26 Å². The zero-order chi connectivity index (χ0) is 25.9. The molecular weight excluding hydrogens is 526 g/mol. The quantitative estimate of drug-likeness (QED) is 0.423. The SMILES string of the molecule is N#Cc1ccnc(OCC(=O)N2CCC(c3nc(C4=NOC(c5c(Cl)ccc(F)c5F)C4)cs3)CC2)n1. The van der Waals surface area contributed by atoms with Gasteiger partial charge in [-0.25, -0.2) is 18.7 Å². The number of nitrogens with zero attached hydrogens (tertiary/aromatic N) is 6. The first-order chi connectivity index (χ1) is 17.9. The smallest absolute Gasteiger partial charge is 0.318 e. The average Bonchev–Trinajstić information content (AvgIpc) is 3.60. The van der Waals surface area contributed by atoms with Gasteiger partial charge in [0, 0.05) is 37.0 Å². The lowest BCUT2D eigenvalue weighted by Crippen LogP contribution is -2.40. The standard InChI is InChI=1S/C24H19ClF2N6O3S/c25-15-1-2-16(26)22(27)21(15)19-9-17(32-36-19)18-12-37-23(31-18)13-4-7-33(8-5-13)20(34)11-35-24-29-6-3-14(10-28)30-24/h1-3,6,12-13,19H,4-5,7-9,11H2. The average molecular weight is 545 g/mol. The fraction of sp³-hybridized carbons (Fsp3) is 0.333. The van der Waals surface area contributed by atoms with E-state index in [9.17, 15) is 13.6 Å². The molecule has 1 aromatic carbocycles. The Hall–Kier alpha value is -3.69. The third-order valence-electron chi connectivity index (χ3n) is 6.16. The number of aromatic nitrogens is 3. The van der Waals surface area contributed by atoms with E-state index in [0.29, 0.717) is 24.5 Å². The molecule has 9 nitrogen and oxygen atoms in total. The van der Waals surface area contributed by atoms with Crippen molar-refractivity contribution in [3.63, 3.8) is 0 Å². The van der Waals surface area contributed by atoms with E-state index in [-0.39, 0.29) is 47.1 Å². The molecule has 0 saturated carbocycles. The Kier molecular flexibility index (Phi) is 7.25. The number of rotatable bonds is 6. The maximum Gasteiger partial charge on any atom is 0.318 e. The van der Waals surface area contributed by atoms with E-state index in [1.807, 2.05) is 11.4 Å². The molecule has 0 spiro atoms. The summed E-state index contributed by atoms with van der Waals surface area (Å²) in [5.74, 6) is -2.04. The van der Waals surface area contributed by atoms with Gasteiger partial charge in [-0.15, -0.1) is 11.3 Å². The molecule has 1 fully saturated rings. The molecule has 1 unspecified atom stereocenters. The first-order valence-corrected chi connectivity index (χ1v) is 12.6. The Balaban J connectivity index is 1.14. The predicted molar refractivity (Wildman–Crippen MR) is 129 cm³/mol. The normalized spacial score (nSPS) is 17.7. The van der Waals surface area contributed by atoms with Gasteiger partial charge in [0.2, 0.25) is 0 Å². The van der Waals surface area contributed by atoms with Crippen LogP contribution in [0, 0.1) is 23.0 Å². The molecule has 3 aromatic rings. The Labute approximate surface area is 219 Å². The second kappa shape index (κ2) is 10.7. The molecule has 4 heterocycles. The highest BCUT2D eigenvalue weighted by Crippen LogP contribution is 2.37. The minimum absolute atomic E-state index is 0.0129. The van der Waals surface area contributed by atoms with Crippen LogP contribution in [0.5, 0.6) is 6.01 Å². The van der Waals surface area contributed by atoms with E-state index >= 15 is 0 Å². The highest BCUT2D eigenvalue weighted by molar-refractivity contribution is 7.10. The molecule has 1 saturated heterocycles. The lowest BCUT2D eigenvalue weighted by atomic mass is 9.97. The van der Waals surface area contributed by atoms with Crippen LogP contribution in [0.4, 0.5) is 8.78 Å². The number of carbonyl (C=O) groups is 1. The van der Waals surface area contributed by atoms with Crippen molar-refractivity contribution in [3.05, 3.63) is 68.4 Å². The van der Waals surface area contributed by atoms with Crippen molar-refractivity contribution in [1.82, 2.24) is 19.9 Å². The summed E-state index contributed by atoms with van der Waals surface area (Å²) in [5, 5.41) is 15.8. The summed E-state index contributed by atoms with van der Waals surface area (Å²) in [6, 6.07) is 5.60. The number of nitriles is 1. The van der Waals surface area contributed by atoms with Crippen LogP contribution < -0.4 is 4.74 Å². The molecule has 190 valence electrons. The zero-order valence-electron chi connectivity index (χ0n) is 19.2. The molecule has 0 N–H and O–H groups in total. The maximum atomic E-state index is 14.3. The van der Waals surface area contributed by atoms with E-state index in [2.05, 4.69) is 15.1 Å². The number of carbonyl (C=O) groups excluding carboxylic acids is 1. The van der Waals surface area contributed by atoms with Crippen molar-refractivity contribution in [2.45, 2.75) is 31.3 Å². The van der Waals surface area contributed by atoms with Crippen molar-refractivity contribution in [2.75, 3.05) is 19.7 Å². The number of ether oxygens (including phenoxy) is 1. The minimum Gasteiger partial charge on any atom is -0.453 e. The maximum absolute atomic E-state index is 14.3. The van der Waals surface area contributed by atoms with Crippen molar-refractivity contribution >= 4 is 34.6 Å². The van der Waals surface area contributed by atoms with Gasteiger partial charge >= 0.3 is 6.01 Å². The fourth-order valence-corrected chi connectivity index (χ4v) is 5.46. The van der Waals surface area contributed by atoms with Gasteiger partial charge in [0.1, 0.15) is 17.5 Å². The molecule has 5 rings (SSSR count). The monoisotopic (exact) mass is 544 g/mol. The van der Waals surface area contributed by atoms with Gasteiger partial charge in [0.25, 0.3) is 5.91 Å². The number of piperidine rings is 1. The highest BCUT2D eigenvalue weighted by Gasteiger charge is 2.32. The fourth-order valence-electron chi connectivity index (χ4n) is 4.20. The lowest BCUT2D eigenvalue weighted by molar-refractivity contribution is -0.134. The molecule has 13 heteroatoms. The largest absolute Gasteiger partial charge is 0.453 e. The summed E-state index contributed by atoms with van der Waals surface area (Å²) >= 11 is 7.56. The van der Waals surface area contributed by atoms with Gasteiger partial charge in [-0.1, -0.05) is 16.8 Å². The Bertz CT molecular complexity index is 1400. The number of hydrogen-bond acceptors (Lipinski definition) is 9. The summed E-state index contributed by atoms with van der Waals surface area (Å²) < 4.78 is 33.3. The summed E-state index contributed by atoms with van der Waals surface area (Å²) in [5.41, 5.74) is 1.28.